The summed E-state index contributed by atoms with van der Waals surface area (Å²) in [6, 6.07) is 6.63. The van der Waals surface area contributed by atoms with E-state index in [0.717, 1.165) is 5.56 Å². The minimum absolute atomic E-state index is 0.218. The number of aryl methyl sites for hydroxylation is 1. The van der Waals surface area contributed by atoms with Gasteiger partial charge in [0.05, 0.1) is 4.90 Å². The van der Waals surface area contributed by atoms with Crippen LogP contribution in [0.25, 0.3) is 0 Å². The smallest absolute Gasteiger partial charge is 0.241 e. The minimum atomic E-state index is -3.52. The van der Waals surface area contributed by atoms with Crippen LogP contribution in [0.4, 0.5) is 0 Å². The molecule has 0 heterocycles. The lowest BCUT2D eigenvalue weighted by Gasteiger charge is -2.30. The van der Waals surface area contributed by atoms with Crippen LogP contribution in [0.3, 0.4) is 0 Å². The molecule has 0 saturated heterocycles. The first kappa shape index (κ1) is 15.1. The van der Waals surface area contributed by atoms with Crippen LogP contribution in [-0.4, -0.2) is 21.0 Å². The van der Waals surface area contributed by atoms with Gasteiger partial charge >= 0.3 is 0 Å². The second kappa shape index (κ2) is 5.38. The fourth-order valence-electron chi connectivity index (χ4n) is 1.69. The standard InChI is InChI=1S/C13H22N2O2S/c1-10-7-5-6-8-11(10)18(16,17)15-12(9-14)13(2,3)4/h5-8,12,15H,9,14H2,1-4H3. The van der Waals surface area contributed by atoms with E-state index in [-0.39, 0.29) is 18.0 Å². The van der Waals surface area contributed by atoms with Crippen LogP contribution < -0.4 is 10.5 Å². The lowest BCUT2D eigenvalue weighted by Crippen LogP contribution is -2.48. The Morgan fingerprint density at radius 2 is 1.83 bits per heavy atom. The Kier molecular flexibility index (Phi) is 4.53. The third-order valence-electron chi connectivity index (χ3n) is 2.96. The Balaban J connectivity index is 3.06. The molecule has 0 amide bonds. The van der Waals surface area contributed by atoms with Crippen LogP contribution in [0.2, 0.25) is 0 Å². The van der Waals surface area contributed by atoms with Gasteiger partial charge in [-0.05, 0) is 24.0 Å². The van der Waals surface area contributed by atoms with Gasteiger partial charge in [-0.3, -0.25) is 0 Å². The lowest BCUT2D eigenvalue weighted by molar-refractivity contribution is 0.304. The molecule has 0 aliphatic rings. The molecule has 3 N–H and O–H groups in total. The molecule has 1 rings (SSSR count). The van der Waals surface area contributed by atoms with E-state index in [1.54, 1.807) is 25.1 Å². The summed E-state index contributed by atoms with van der Waals surface area (Å²) in [5, 5.41) is 0. The molecule has 0 fully saturated rings. The van der Waals surface area contributed by atoms with Crippen molar-refractivity contribution >= 4 is 10.0 Å². The van der Waals surface area contributed by atoms with Crippen molar-refractivity contribution in [2.45, 2.75) is 38.6 Å². The molecule has 0 aliphatic heterocycles. The van der Waals surface area contributed by atoms with Gasteiger partial charge in [-0.15, -0.1) is 0 Å². The van der Waals surface area contributed by atoms with Crippen LogP contribution in [-0.2, 0) is 10.0 Å². The number of hydrogen-bond acceptors (Lipinski definition) is 3. The van der Waals surface area contributed by atoms with Crippen molar-refractivity contribution in [2.24, 2.45) is 11.1 Å². The maximum atomic E-state index is 12.3. The third-order valence-corrected chi connectivity index (χ3v) is 4.59. The first-order chi connectivity index (χ1) is 8.18. The van der Waals surface area contributed by atoms with Crippen LogP contribution >= 0.6 is 0 Å². The minimum Gasteiger partial charge on any atom is -0.329 e. The van der Waals surface area contributed by atoms with Gasteiger partial charge in [-0.1, -0.05) is 39.0 Å². The molecule has 5 heteroatoms. The second-order valence-corrected chi connectivity index (χ2v) is 7.22. The van der Waals surface area contributed by atoms with E-state index in [0.29, 0.717) is 4.90 Å². The highest BCUT2D eigenvalue weighted by Crippen LogP contribution is 2.21. The Hall–Kier alpha value is -0.910. The molecular weight excluding hydrogens is 248 g/mol. The molecule has 0 radical (unpaired) electrons. The zero-order valence-corrected chi connectivity index (χ0v) is 12.2. The van der Waals surface area contributed by atoms with Gasteiger partial charge in [-0.2, -0.15) is 0 Å². The van der Waals surface area contributed by atoms with Crippen molar-refractivity contribution in [3.05, 3.63) is 29.8 Å². The van der Waals surface area contributed by atoms with Crippen molar-refractivity contribution in [3.8, 4) is 0 Å². The van der Waals surface area contributed by atoms with Gasteiger partial charge in [0.25, 0.3) is 0 Å². The predicted molar refractivity (Wildman–Crippen MR) is 73.8 cm³/mol. The number of benzene rings is 1. The van der Waals surface area contributed by atoms with Crippen molar-refractivity contribution in [3.63, 3.8) is 0 Å². The highest BCUT2D eigenvalue weighted by Gasteiger charge is 2.28. The molecule has 0 saturated carbocycles. The molecule has 102 valence electrons. The highest BCUT2D eigenvalue weighted by atomic mass is 32.2. The number of nitrogens with one attached hydrogen (secondary N) is 1. The van der Waals surface area contributed by atoms with Crippen molar-refractivity contribution in [1.82, 2.24) is 4.72 Å². The van der Waals surface area contributed by atoms with E-state index in [4.69, 9.17) is 5.73 Å². The van der Waals surface area contributed by atoms with Crippen LogP contribution in [0, 0.1) is 12.3 Å². The van der Waals surface area contributed by atoms with E-state index >= 15 is 0 Å². The molecule has 1 unspecified atom stereocenters. The van der Waals surface area contributed by atoms with E-state index in [1.807, 2.05) is 26.8 Å². The van der Waals surface area contributed by atoms with E-state index in [2.05, 4.69) is 4.72 Å². The van der Waals surface area contributed by atoms with Gasteiger partial charge in [0.1, 0.15) is 0 Å². The molecule has 18 heavy (non-hydrogen) atoms. The maximum absolute atomic E-state index is 12.3. The molecule has 0 bridgehead atoms. The monoisotopic (exact) mass is 270 g/mol. The first-order valence-corrected chi connectivity index (χ1v) is 7.45. The number of nitrogens with two attached hydrogens (primary N) is 1. The largest absolute Gasteiger partial charge is 0.329 e. The summed E-state index contributed by atoms with van der Waals surface area (Å²) >= 11 is 0. The van der Waals surface area contributed by atoms with Gasteiger partial charge in [0.15, 0.2) is 0 Å². The van der Waals surface area contributed by atoms with Gasteiger partial charge in [0, 0.05) is 12.6 Å². The second-order valence-electron chi connectivity index (χ2n) is 5.54. The van der Waals surface area contributed by atoms with Crippen LogP contribution in [0.1, 0.15) is 26.3 Å². The zero-order chi connectivity index (χ0) is 14.0. The summed E-state index contributed by atoms with van der Waals surface area (Å²) in [4.78, 5) is 0.313. The summed E-state index contributed by atoms with van der Waals surface area (Å²) in [7, 11) is -3.52. The topological polar surface area (TPSA) is 72.2 Å². The molecule has 1 aromatic carbocycles. The third kappa shape index (κ3) is 3.54. The van der Waals surface area contributed by atoms with Gasteiger partial charge < -0.3 is 5.73 Å². The summed E-state index contributed by atoms with van der Waals surface area (Å²) < 4.78 is 27.3. The Morgan fingerprint density at radius 1 is 1.28 bits per heavy atom. The van der Waals surface area contributed by atoms with Crippen LogP contribution in [0.15, 0.2) is 29.2 Å². The van der Waals surface area contributed by atoms with Crippen molar-refractivity contribution in [1.29, 1.82) is 0 Å². The molecule has 0 spiro atoms. The summed E-state index contributed by atoms with van der Waals surface area (Å²) in [6.07, 6.45) is 0. The van der Waals surface area contributed by atoms with Gasteiger partial charge in [-0.25, -0.2) is 13.1 Å². The lowest BCUT2D eigenvalue weighted by atomic mass is 9.88. The molecular formula is C13H22N2O2S. The van der Waals surface area contributed by atoms with Crippen molar-refractivity contribution < 1.29 is 8.42 Å². The van der Waals surface area contributed by atoms with Crippen molar-refractivity contribution in [2.75, 3.05) is 6.54 Å². The summed E-state index contributed by atoms with van der Waals surface area (Å²) in [5.41, 5.74) is 6.17. The SMILES string of the molecule is Cc1ccccc1S(=O)(=O)NC(CN)C(C)(C)C. The van der Waals surface area contributed by atoms with Crippen LogP contribution in [0.5, 0.6) is 0 Å². The highest BCUT2D eigenvalue weighted by molar-refractivity contribution is 7.89. The summed E-state index contributed by atoms with van der Waals surface area (Å²) in [5.74, 6) is 0. The molecule has 0 aromatic heterocycles. The number of rotatable bonds is 4. The molecule has 1 atom stereocenters. The molecule has 1 aromatic rings. The van der Waals surface area contributed by atoms with E-state index < -0.39 is 10.0 Å². The molecule has 0 aliphatic carbocycles. The Morgan fingerprint density at radius 3 is 2.28 bits per heavy atom. The molecule has 4 nitrogen and oxygen atoms in total. The summed E-state index contributed by atoms with van der Waals surface area (Å²) in [6.45, 7) is 7.94. The predicted octanol–water partition coefficient (Wildman–Crippen LogP) is 1.65. The number of hydrogen-bond donors (Lipinski definition) is 2. The average Bonchev–Trinajstić information content (AvgIpc) is 2.24. The Bertz CT molecular complexity index is 504. The van der Waals surface area contributed by atoms with Gasteiger partial charge in [0.2, 0.25) is 10.0 Å². The average molecular weight is 270 g/mol. The number of sulfonamides is 1. The normalized spacial score (nSPS) is 14.5. The fourth-order valence-corrected chi connectivity index (χ4v) is 3.39. The van der Waals surface area contributed by atoms with E-state index in [9.17, 15) is 8.42 Å². The van der Waals surface area contributed by atoms with E-state index in [1.165, 1.54) is 0 Å². The maximum Gasteiger partial charge on any atom is 0.241 e. The zero-order valence-electron chi connectivity index (χ0n) is 11.4. The fraction of sp³-hybridized carbons (Fsp3) is 0.538. The quantitative estimate of drug-likeness (QED) is 0.873. The first-order valence-electron chi connectivity index (χ1n) is 5.96. The Labute approximate surface area is 110 Å².